The molecule has 0 unspecified atom stereocenters. The zero-order valence-corrected chi connectivity index (χ0v) is 13.3. The predicted molar refractivity (Wildman–Crippen MR) is 79.0 cm³/mol. The van der Waals surface area contributed by atoms with E-state index in [-0.39, 0.29) is 12.6 Å². The lowest BCUT2D eigenvalue weighted by Crippen LogP contribution is -2.24. The number of hydrogen-bond donors (Lipinski definition) is 0. The number of halogens is 5. The van der Waals surface area contributed by atoms with E-state index in [1.165, 1.54) is 6.92 Å². The van der Waals surface area contributed by atoms with Gasteiger partial charge in [-0.1, -0.05) is 0 Å². The van der Waals surface area contributed by atoms with Crippen molar-refractivity contribution < 1.29 is 36.2 Å². The van der Waals surface area contributed by atoms with Crippen LogP contribution in [0.5, 0.6) is 5.75 Å². The molecule has 0 aliphatic heterocycles. The highest BCUT2D eigenvalue weighted by Crippen LogP contribution is 2.41. The van der Waals surface area contributed by atoms with Gasteiger partial charge in [-0.3, -0.25) is 4.79 Å². The Kier molecular flexibility index (Phi) is 4.37. The van der Waals surface area contributed by atoms with Crippen LogP contribution >= 0.6 is 0 Å². The Hall–Kier alpha value is -2.65. The van der Waals surface area contributed by atoms with Crippen molar-refractivity contribution in [3.05, 3.63) is 39.7 Å². The number of nitrogens with zero attached hydrogens (tertiary/aromatic N) is 1. The molecular formula is C16H12F5NO4. The topological polar surface area (TPSA) is 57.5 Å². The second kappa shape index (κ2) is 6.26. The van der Waals surface area contributed by atoms with Gasteiger partial charge >= 0.3 is 12.3 Å². The second-order valence-electron chi connectivity index (χ2n) is 5.68. The zero-order valence-electron chi connectivity index (χ0n) is 13.3. The molecule has 1 aliphatic carbocycles. The average molecular weight is 377 g/mol. The van der Waals surface area contributed by atoms with Gasteiger partial charge in [-0.2, -0.15) is 4.39 Å². The number of rotatable bonds is 4. The Bertz CT molecular complexity index is 947. The summed E-state index contributed by atoms with van der Waals surface area (Å²) in [5.74, 6) is -6.01. The van der Waals surface area contributed by atoms with Crippen molar-refractivity contribution in [1.82, 2.24) is 4.57 Å². The van der Waals surface area contributed by atoms with Crippen LogP contribution in [0.2, 0.25) is 0 Å². The summed E-state index contributed by atoms with van der Waals surface area (Å²) in [6, 6.07) is 0.0874. The largest absolute Gasteiger partial charge is 0.573 e. The molecule has 10 heteroatoms. The number of hydrogen-bond acceptors (Lipinski definition) is 4. The monoisotopic (exact) mass is 377 g/mol. The van der Waals surface area contributed by atoms with Gasteiger partial charge in [0.15, 0.2) is 11.6 Å². The Morgan fingerprint density at radius 3 is 2.50 bits per heavy atom. The van der Waals surface area contributed by atoms with Crippen molar-refractivity contribution in [3.8, 4) is 5.75 Å². The normalized spacial score (nSPS) is 14.5. The molecule has 1 aromatic carbocycles. The van der Waals surface area contributed by atoms with Gasteiger partial charge in [-0.25, -0.2) is 9.18 Å². The maximum absolute atomic E-state index is 14.0. The van der Waals surface area contributed by atoms with Gasteiger partial charge < -0.3 is 14.0 Å². The number of pyridine rings is 1. The van der Waals surface area contributed by atoms with Crippen molar-refractivity contribution in [3.63, 3.8) is 0 Å². The van der Waals surface area contributed by atoms with Gasteiger partial charge in [0, 0.05) is 12.2 Å². The molecule has 5 nitrogen and oxygen atoms in total. The van der Waals surface area contributed by atoms with Gasteiger partial charge in [0.2, 0.25) is 11.2 Å². The third-order valence-electron chi connectivity index (χ3n) is 3.82. The van der Waals surface area contributed by atoms with E-state index < -0.39 is 51.6 Å². The van der Waals surface area contributed by atoms with Crippen molar-refractivity contribution in [1.29, 1.82) is 0 Å². The summed E-state index contributed by atoms with van der Waals surface area (Å²) in [5, 5.41) is -0.597. The number of ether oxygens (including phenoxy) is 2. The Morgan fingerprint density at radius 2 is 1.96 bits per heavy atom. The molecule has 1 heterocycles. The molecule has 1 aliphatic rings. The number of aromatic nitrogens is 1. The van der Waals surface area contributed by atoms with Crippen molar-refractivity contribution in [2.75, 3.05) is 6.61 Å². The maximum atomic E-state index is 14.0. The van der Waals surface area contributed by atoms with Gasteiger partial charge in [-0.15, -0.1) is 13.2 Å². The molecule has 140 valence electrons. The quantitative estimate of drug-likeness (QED) is 0.602. The van der Waals surface area contributed by atoms with Crippen LogP contribution in [0.25, 0.3) is 10.9 Å². The first-order chi connectivity index (χ1) is 12.1. The van der Waals surface area contributed by atoms with Gasteiger partial charge in [-0.05, 0) is 25.8 Å². The first kappa shape index (κ1) is 18.2. The molecule has 0 radical (unpaired) electrons. The van der Waals surface area contributed by atoms with Crippen LogP contribution < -0.4 is 10.2 Å². The van der Waals surface area contributed by atoms with Crippen LogP contribution in [-0.2, 0) is 4.74 Å². The number of alkyl halides is 3. The number of esters is 1. The lowest BCUT2D eigenvalue weighted by atomic mass is 10.1. The molecule has 0 spiro atoms. The minimum Gasteiger partial charge on any atom is -0.462 e. The predicted octanol–water partition coefficient (Wildman–Crippen LogP) is 3.69. The number of benzene rings is 1. The van der Waals surface area contributed by atoms with Gasteiger partial charge in [0.05, 0.1) is 17.5 Å². The highest BCUT2D eigenvalue weighted by molar-refractivity contribution is 5.95. The molecule has 1 saturated carbocycles. The molecule has 0 N–H and O–H groups in total. The molecule has 2 aromatic rings. The molecule has 0 amide bonds. The molecule has 0 atom stereocenters. The molecule has 3 rings (SSSR count). The highest BCUT2D eigenvalue weighted by Gasteiger charge is 2.37. The fraction of sp³-hybridized carbons (Fsp3) is 0.375. The lowest BCUT2D eigenvalue weighted by Gasteiger charge is -2.18. The van der Waals surface area contributed by atoms with Crippen molar-refractivity contribution in [2.24, 2.45) is 0 Å². The van der Waals surface area contributed by atoms with E-state index in [0.717, 1.165) is 10.8 Å². The minimum atomic E-state index is -5.30. The van der Waals surface area contributed by atoms with Crippen LogP contribution in [0.3, 0.4) is 0 Å². The summed E-state index contributed by atoms with van der Waals surface area (Å²) in [6.07, 6.45) is -3.23. The fourth-order valence-corrected chi connectivity index (χ4v) is 2.63. The van der Waals surface area contributed by atoms with E-state index in [2.05, 4.69) is 4.74 Å². The second-order valence-corrected chi connectivity index (χ2v) is 5.68. The van der Waals surface area contributed by atoms with E-state index in [1.807, 2.05) is 0 Å². The summed E-state index contributed by atoms with van der Waals surface area (Å²) in [5.41, 5.74) is -2.10. The lowest BCUT2D eigenvalue weighted by molar-refractivity contribution is -0.275. The zero-order chi connectivity index (χ0) is 19.2. The smallest absolute Gasteiger partial charge is 0.462 e. The minimum absolute atomic E-state index is 0.0417. The van der Waals surface area contributed by atoms with E-state index in [0.29, 0.717) is 18.9 Å². The third-order valence-corrected chi connectivity index (χ3v) is 3.82. The molecule has 0 bridgehead atoms. The molecule has 0 saturated heterocycles. The Morgan fingerprint density at radius 1 is 1.31 bits per heavy atom. The van der Waals surface area contributed by atoms with E-state index in [9.17, 15) is 31.5 Å². The first-order valence-electron chi connectivity index (χ1n) is 7.63. The standard InChI is InChI=1S/C16H12F5NO4/c1-2-25-15(24)9-6-22(7-3-4-7)12-8(13(9)23)5-10(17)11(18)14(12)26-16(19,20)21/h5-7H,2-4H2,1H3. The van der Waals surface area contributed by atoms with Crippen LogP contribution in [0, 0.1) is 11.6 Å². The molecule has 1 fully saturated rings. The fourth-order valence-electron chi connectivity index (χ4n) is 2.63. The van der Waals surface area contributed by atoms with Crippen LogP contribution in [0.4, 0.5) is 22.0 Å². The first-order valence-corrected chi connectivity index (χ1v) is 7.63. The van der Waals surface area contributed by atoms with Crippen molar-refractivity contribution in [2.45, 2.75) is 32.2 Å². The van der Waals surface area contributed by atoms with Crippen LogP contribution in [0.1, 0.15) is 36.2 Å². The van der Waals surface area contributed by atoms with Crippen LogP contribution in [0.15, 0.2) is 17.1 Å². The maximum Gasteiger partial charge on any atom is 0.573 e. The SMILES string of the molecule is CCOC(=O)c1cn(C2CC2)c2c(OC(F)(F)F)c(F)c(F)cc2c1=O. The summed E-state index contributed by atoms with van der Waals surface area (Å²) in [4.78, 5) is 24.4. The van der Waals surface area contributed by atoms with Crippen molar-refractivity contribution >= 4 is 16.9 Å². The molecule has 26 heavy (non-hydrogen) atoms. The number of carbonyl (C=O) groups is 1. The third kappa shape index (κ3) is 3.23. The van der Waals surface area contributed by atoms with Gasteiger partial charge in [0.1, 0.15) is 5.56 Å². The summed E-state index contributed by atoms with van der Waals surface area (Å²) >= 11 is 0. The summed E-state index contributed by atoms with van der Waals surface area (Å²) in [7, 11) is 0. The Balaban J connectivity index is 2.38. The summed E-state index contributed by atoms with van der Waals surface area (Å²) in [6.45, 7) is 1.46. The molecular weight excluding hydrogens is 365 g/mol. The summed E-state index contributed by atoms with van der Waals surface area (Å²) < 4.78 is 75.4. The van der Waals surface area contributed by atoms with E-state index >= 15 is 0 Å². The van der Waals surface area contributed by atoms with E-state index in [4.69, 9.17) is 4.74 Å². The number of carbonyl (C=O) groups excluding carboxylic acids is 1. The Labute approximate surface area is 142 Å². The molecule has 1 aromatic heterocycles. The number of fused-ring (bicyclic) bond motifs is 1. The van der Waals surface area contributed by atoms with Crippen LogP contribution in [-0.4, -0.2) is 23.5 Å². The van der Waals surface area contributed by atoms with E-state index in [1.54, 1.807) is 0 Å². The van der Waals surface area contributed by atoms with Gasteiger partial charge in [0.25, 0.3) is 0 Å². The highest BCUT2D eigenvalue weighted by atomic mass is 19.4. The average Bonchev–Trinajstić information content (AvgIpc) is 3.36.